The summed E-state index contributed by atoms with van der Waals surface area (Å²) in [5.74, 6) is 1.04. The summed E-state index contributed by atoms with van der Waals surface area (Å²) < 4.78 is 84.2. The fourth-order valence-electron chi connectivity index (χ4n) is 4.78. The standard InChI is InChI=1S/C32H33N3O8S3/c1-24-31(9-6-10-32(24)35(44(2,36)37)45(3,38)39)34(21-26-13-11-25(20-33)12-14-26)22-27-15-17-29(18-16-27)43-30-8-5-7-28(19-30)23-42-46(4,40)41/h5-19H,21-23H2,1-4H3. The first-order valence-corrected chi connectivity index (χ1v) is 19.3. The fourth-order valence-corrected chi connectivity index (χ4v) is 8.21. The first-order valence-electron chi connectivity index (χ1n) is 13.8. The number of rotatable bonds is 13. The van der Waals surface area contributed by atoms with Crippen LogP contribution in [0, 0.1) is 18.3 Å². The van der Waals surface area contributed by atoms with Gasteiger partial charge in [-0.3, -0.25) is 4.18 Å². The summed E-state index contributed by atoms with van der Waals surface area (Å²) in [6, 6.07) is 28.2. The molecule has 0 saturated carbocycles. The number of hydrogen-bond donors (Lipinski definition) is 0. The lowest BCUT2D eigenvalue weighted by molar-refractivity contribution is 0.311. The zero-order valence-electron chi connectivity index (χ0n) is 25.6. The van der Waals surface area contributed by atoms with Gasteiger partial charge in [0.15, 0.2) is 0 Å². The van der Waals surface area contributed by atoms with Gasteiger partial charge in [-0.1, -0.05) is 42.5 Å². The van der Waals surface area contributed by atoms with Crippen LogP contribution >= 0.6 is 0 Å². The minimum atomic E-state index is -4.16. The molecular formula is C32H33N3O8S3. The Hall–Kier alpha value is -4.42. The van der Waals surface area contributed by atoms with Gasteiger partial charge in [0.1, 0.15) is 11.5 Å². The first-order chi connectivity index (χ1) is 21.5. The van der Waals surface area contributed by atoms with E-state index < -0.39 is 30.2 Å². The van der Waals surface area contributed by atoms with Crippen molar-refractivity contribution in [2.45, 2.75) is 26.6 Å². The van der Waals surface area contributed by atoms with Crippen molar-refractivity contribution in [3.63, 3.8) is 0 Å². The topological polar surface area (TPSA) is 151 Å². The second kappa shape index (κ2) is 13.9. The van der Waals surface area contributed by atoms with E-state index in [0.29, 0.717) is 50.7 Å². The molecule has 0 heterocycles. The van der Waals surface area contributed by atoms with Crippen molar-refractivity contribution in [3.8, 4) is 17.6 Å². The summed E-state index contributed by atoms with van der Waals surface area (Å²) in [5, 5.41) is 9.21. The second-order valence-electron chi connectivity index (χ2n) is 10.7. The zero-order chi connectivity index (χ0) is 33.7. The highest BCUT2D eigenvalue weighted by Gasteiger charge is 2.30. The van der Waals surface area contributed by atoms with Gasteiger partial charge in [-0.15, -0.1) is 0 Å². The summed E-state index contributed by atoms with van der Waals surface area (Å²) in [6.45, 7) is 2.29. The Morgan fingerprint density at radius 3 is 1.76 bits per heavy atom. The molecule has 0 bridgehead atoms. The molecule has 4 aromatic rings. The van der Waals surface area contributed by atoms with Crippen LogP contribution in [0.15, 0.2) is 91.0 Å². The summed E-state index contributed by atoms with van der Waals surface area (Å²) >= 11 is 0. The SMILES string of the molecule is Cc1c(N(Cc2ccc(C#N)cc2)Cc2ccc(Oc3cccc(COS(C)(=O)=O)c3)cc2)cccc1N(S(C)(=O)=O)S(C)(=O)=O. The van der Waals surface area contributed by atoms with E-state index >= 15 is 0 Å². The normalized spacial score (nSPS) is 11.9. The number of anilines is 2. The molecule has 14 heteroatoms. The lowest BCUT2D eigenvalue weighted by Gasteiger charge is -2.30. The van der Waals surface area contributed by atoms with Crippen molar-refractivity contribution in [2.24, 2.45) is 0 Å². The van der Waals surface area contributed by atoms with Crippen LogP contribution < -0.4 is 13.3 Å². The van der Waals surface area contributed by atoms with Crippen molar-refractivity contribution in [2.75, 3.05) is 27.4 Å². The average Bonchev–Trinajstić information content (AvgIpc) is 2.97. The third-order valence-corrected chi connectivity index (χ3v) is 10.5. The second-order valence-corrected chi connectivity index (χ2v) is 16.2. The highest BCUT2D eigenvalue weighted by molar-refractivity contribution is 8.09. The Morgan fingerprint density at radius 2 is 1.22 bits per heavy atom. The van der Waals surface area contributed by atoms with Crippen LogP contribution in [-0.2, 0) is 54.0 Å². The van der Waals surface area contributed by atoms with E-state index in [4.69, 9.17) is 8.92 Å². The van der Waals surface area contributed by atoms with Crippen LogP contribution in [0.5, 0.6) is 11.5 Å². The van der Waals surface area contributed by atoms with Crippen LogP contribution in [-0.4, -0.2) is 44.0 Å². The minimum Gasteiger partial charge on any atom is -0.457 e. The molecule has 0 saturated heterocycles. The number of nitrogens with zero attached hydrogens (tertiary/aromatic N) is 3. The lowest BCUT2D eigenvalue weighted by atomic mass is 10.1. The zero-order valence-corrected chi connectivity index (χ0v) is 28.1. The molecule has 0 N–H and O–H groups in total. The Balaban J connectivity index is 1.64. The van der Waals surface area contributed by atoms with Gasteiger partial charge in [-0.05, 0) is 77.7 Å². The summed E-state index contributed by atoms with van der Waals surface area (Å²) in [6.07, 6.45) is 2.67. The molecule has 0 atom stereocenters. The lowest BCUT2D eigenvalue weighted by Crippen LogP contribution is -2.36. The van der Waals surface area contributed by atoms with E-state index in [0.717, 1.165) is 29.9 Å². The first kappa shape index (κ1) is 34.5. The van der Waals surface area contributed by atoms with Crippen LogP contribution in [0.25, 0.3) is 0 Å². The average molecular weight is 684 g/mol. The molecular weight excluding hydrogens is 651 g/mol. The Labute approximate surface area is 270 Å². The maximum absolute atomic E-state index is 12.6. The molecule has 0 fully saturated rings. The van der Waals surface area contributed by atoms with E-state index in [1.165, 1.54) is 6.07 Å². The number of hydrogen-bond acceptors (Lipinski definition) is 10. The highest BCUT2D eigenvalue weighted by Crippen LogP contribution is 2.34. The Kier molecular flexibility index (Phi) is 10.4. The quantitative estimate of drug-likeness (QED) is 0.175. The molecule has 0 aliphatic heterocycles. The van der Waals surface area contributed by atoms with Gasteiger partial charge in [0.05, 0.1) is 42.7 Å². The van der Waals surface area contributed by atoms with E-state index in [1.807, 2.05) is 29.2 Å². The van der Waals surface area contributed by atoms with Gasteiger partial charge in [0.25, 0.3) is 10.1 Å². The molecule has 4 aromatic carbocycles. The molecule has 0 unspecified atom stereocenters. The Bertz CT molecular complexity index is 2040. The number of sulfonamides is 2. The molecule has 0 radical (unpaired) electrons. The number of nitriles is 1. The molecule has 0 aliphatic carbocycles. The molecule has 4 rings (SSSR count). The van der Waals surface area contributed by atoms with Crippen LogP contribution in [0.4, 0.5) is 11.4 Å². The molecule has 0 spiro atoms. The van der Waals surface area contributed by atoms with E-state index in [9.17, 15) is 30.5 Å². The van der Waals surface area contributed by atoms with Crippen molar-refractivity contribution < 1.29 is 34.2 Å². The number of ether oxygens (including phenoxy) is 1. The van der Waals surface area contributed by atoms with Crippen molar-refractivity contribution in [1.82, 2.24) is 0 Å². The van der Waals surface area contributed by atoms with Crippen molar-refractivity contribution in [3.05, 3.63) is 119 Å². The van der Waals surface area contributed by atoms with Gasteiger partial charge >= 0.3 is 0 Å². The molecule has 46 heavy (non-hydrogen) atoms. The molecule has 0 amide bonds. The van der Waals surface area contributed by atoms with E-state index in [-0.39, 0.29) is 12.3 Å². The molecule has 0 aromatic heterocycles. The fraction of sp³-hybridized carbons (Fsp3) is 0.219. The van der Waals surface area contributed by atoms with Gasteiger partial charge in [0.2, 0.25) is 20.0 Å². The third-order valence-electron chi connectivity index (χ3n) is 6.74. The van der Waals surface area contributed by atoms with Crippen molar-refractivity contribution in [1.29, 1.82) is 5.26 Å². The van der Waals surface area contributed by atoms with Gasteiger partial charge in [-0.2, -0.15) is 17.4 Å². The monoisotopic (exact) mass is 683 g/mol. The molecule has 242 valence electrons. The predicted octanol–water partition coefficient (Wildman–Crippen LogP) is 5.07. The maximum atomic E-state index is 12.6. The summed E-state index contributed by atoms with van der Waals surface area (Å²) in [5.41, 5.74) is 3.99. The molecule has 0 aliphatic rings. The Morgan fingerprint density at radius 1 is 0.674 bits per heavy atom. The van der Waals surface area contributed by atoms with Crippen LogP contribution in [0.3, 0.4) is 0 Å². The van der Waals surface area contributed by atoms with Crippen molar-refractivity contribution >= 4 is 41.5 Å². The summed E-state index contributed by atoms with van der Waals surface area (Å²) in [4.78, 5) is 1.99. The van der Waals surface area contributed by atoms with Gasteiger partial charge in [-0.25, -0.2) is 16.8 Å². The van der Waals surface area contributed by atoms with Crippen LogP contribution in [0.2, 0.25) is 0 Å². The third kappa shape index (κ3) is 9.30. The van der Waals surface area contributed by atoms with Gasteiger partial charge in [0, 0.05) is 18.8 Å². The predicted molar refractivity (Wildman–Crippen MR) is 177 cm³/mol. The van der Waals surface area contributed by atoms with E-state index in [1.54, 1.807) is 67.6 Å². The highest BCUT2D eigenvalue weighted by atomic mass is 32.3. The smallest absolute Gasteiger partial charge is 0.264 e. The van der Waals surface area contributed by atoms with Crippen LogP contribution in [0.1, 0.15) is 27.8 Å². The number of benzene rings is 4. The summed E-state index contributed by atoms with van der Waals surface area (Å²) in [7, 11) is -11.9. The maximum Gasteiger partial charge on any atom is 0.264 e. The molecule has 11 nitrogen and oxygen atoms in total. The van der Waals surface area contributed by atoms with Gasteiger partial charge < -0.3 is 9.64 Å². The minimum absolute atomic E-state index is 0.0280. The largest absolute Gasteiger partial charge is 0.457 e. The van der Waals surface area contributed by atoms with E-state index in [2.05, 4.69) is 6.07 Å².